The van der Waals surface area contributed by atoms with Gasteiger partial charge in [0.1, 0.15) is 0 Å². The van der Waals surface area contributed by atoms with Gasteiger partial charge in [-0.3, -0.25) is 4.79 Å². The first-order chi connectivity index (χ1) is 8.91. The Hall–Kier alpha value is -0.390. The normalized spacial score (nSPS) is 19.4. The molecule has 1 aromatic heterocycles. The van der Waals surface area contributed by atoms with Crippen molar-refractivity contribution in [1.82, 2.24) is 4.90 Å². The summed E-state index contributed by atoms with van der Waals surface area (Å²) >= 11 is 5.01. The molecule has 1 aliphatic carbocycles. The van der Waals surface area contributed by atoms with Crippen LogP contribution in [0.1, 0.15) is 43.4 Å². The molecular weight excluding hydrogens is 326 g/mol. The fraction of sp³-hybridized carbons (Fsp3) is 0.643. The molecule has 2 rings (SSSR count). The third-order valence-corrected chi connectivity index (χ3v) is 5.64. The number of amides is 1. The molecule has 106 valence electrons. The number of aliphatic hydroxyl groups is 1. The predicted molar refractivity (Wildman–Crippen MR) is 81.5 cm³/mol. The van der Waals surface area contributed by atoms with E-state index in [1.165, 1.54) is 0 Å². The molecule has 1 N–H and O–H groups in total. The molecule has 0 saturated heterocycles. The number of hydrogen-bond donors (Lipinski definition) is 1. The molecule has 1 fully saturated rings. The standard InChI is InChI=1S/C14H20BrNO2S/c1-10(11-5-6-12(15)19-11)13(17)16(2)9-14(18)7-3-4-8-14/h5-6,10,18H,3-4,7-9H2,1-2H3. The number of halogens is 1. The summed E-state index contributed by atoms with van der Waals surface area (Å²) in [5.41, 5.74) is -0.667. The summed E-state index contributed by atoms with van der Waals surface area (Å²) in [5, 5.41) is 10.4. The van der Waals surface area contributed by atoms with Crippen molar-refractivity contribution in [2.45, 2.75) is 44.1 Å². The summed E-state index contributed by atoms with van der Waals surface area (Å²) in [7, 11) is 1.79. The van der Waals surface area contributed by atoms with Crippen LogP contribution in [0.4, 0.5) is 0 Å². The first kappa shape index (κ1) is 15.0. The Morgan fingerprint density at radius 3 is 2.68 bits per heavy atom. The zero-order chi connectivity index (χ0) is 14.0. The van der Waals surface area contributed by atoms with Gasteiger partial charge >= 0.3 is 0 Å². The SMILES string of the molecule is CC(C(=O)N(C)CC1(O)CCCC1)c1ccc(Br)s1. The van der Waals surface area contributed by atoms with Crippen molar-refractivity contribution in [1.29, 1.82) is 0 Å². The predicted octanol–water partition coefficient (Wildman–Crippen LogP) is 3.38. The highest BCUT2D eigenvalue weighted by molar-refractivity contribution is 9.11. The zero-order valence-electron chi connectivity index (χ0n) is 11.4. The topological polar surface area (TPSA) is 40.5 Å². The van der Waals surface area contributed by atoms with Gasteiger partial charge in [-0.15, -0.1) is 11.3 Å². The number of carbonyl (C=O) groups is 1. The molecule has 0 bridgehead atoms. The summed E-state index contributed by atoms with van der Waals surface area (Å²) < 4.78 is 1.04. The molecule has 19 heavy (non-hydrogen) atoms. The Labute approximate surface area is 126 Å². The number of rotatable bonds is 4. The maximum atomic E-state index is 12.4. The summed E-state index contributed by atoms with van der Waals surface area (Å²) in [6.07, 6.45) is 3.74. The molecule has 1 unspecified atom stereocenters. The zero-order valence-corrected chi connectivity index (χ0v) is 13.8. The number of likely N-dealkylation sites (N-methyl/N-ethyl adjacent to an activating group) is 1. The lowest BCUT2D eigenvalue weighted by molar-refractivity contribution is -0.134. The Kier molecular flexibility index (Phi) is 4.69. The Morgan fingerprint density at radius 1 is 1.53 bits per heavy atom. The summed E-state index contributed by atoms with van der Waals surface area (Å²) in [4.78, 5) is 15.1. The van der Waals surface area contributed by atoms with Gasteiger partial charge in [0.05, 0.1) is 15.3 Å². The van der Waals surface area contributed by atoms with Crippen LogP contribution in [0, 0.1) is 0 Å². The second kappa shape index (κ2) is 5.94. The van der Waals surface area contributed by atoms with Crippen molar-refractivity contribution >= 4 is 33.2 Å². The molecule has 1 heterocycles. The van der Waals surface area contributed by atoms with Gasteiger partial charge in [0.25, 0.3) is 0 Å². The van der Waals surface area contributed by atoms with Crippen LogP contribution in [0.25, 0.3) is 0 Å². The van der Waals surface area contributed by atoms with Crippen LogP contribution in [0.3, 0.4) is 0 Å². The second-order valence-electron chi connectivity index (χ2n) is 5.49. The average Bonchev–Trinajstić information content (AvgIpc) is 2.96. The fourth-order valence-electron chi connectivity index (χ4n) is 2.72. The highest BCUT2D eigenvalue weighted by atomic mass is 79.9. The van der Waals surface area contributed by atoms with E-state index in [1.54, 1.807) is 23.3 Å². The summed E-state index contributed by atoms with van der Waals surface area (Å²) in [5.74, 6) is -0.0685. The summed E-state index contributed by atoms with van der Waals surface area (Å²) in [6.45, 7) is 2.37. The van der Waals surface area contributed by atoms with Crippen LogP contribution in [-0.4, -0.2) is 35.1 Å². The molecule has 0 spiro atoms. The molecule has 1 aromatic rings. The molecule has 5 heteroatoms. The smallest absolute Gasteiger partial charge is 0.230 e. The van der Waals surface area contributed by atoms with E-state index in [-0.39, 0.29) is 11.8 Å². The minimum Gasteiger partial charge on any atom is -0.388 e. The van der Waals surface area contributed by atoms with Gasteiger partial charge in [0.15, 0.2) is 0 Å². The minimum atomic E-state index is -0.667. The molecule has 1 aliphatic rings. The van der Waals surface area contributed by atoms with E-state index in [4.69, 9.17) is 0 Å². The van der Waals surface area contributed by atoms with Crippen molar-refractivity contribution in [2.75, 3.05) is 13.6 Å². The van der Waals surface area contributed by atoms with Gasteiger partial charge in [0.2, 0.25) is 5.91 Å². The number of hydrogen-bond acceptors (Lipinski definition) is 3. The maximum absolute atomic E-state index is 12.4. The highest BCUT2D eigenvalue weighted by Gasteiger charge is 2.34. The minimum absolute atomic E-state index is 0.0784. The highest BCUT2D eigenvalue weighted by Crippen LogP contribution is 2.32. The lowest BCUT2D eigenvalue weighted by atomic mass is 10.0. The van der Waals surface area contributed by atoms with E-state index >= 15 is 0 Å². The van der Waals surface area contributed by atoms with Crippen LogP contribution in [0.15, 0.2) is 15.9 Å². The van der Waals surface area contributed by atoms with E-state index in [9.17, 15) is 9.90 Å². The molecule has 0 aliphatic heterocycles. The third-order valence-electron chi connectivity index (χ3n) is 3.83. The van der Waals surface area contributed by atoms with Crippen LogP contribution in [0.5, 0.6) is 0 Å². The lowest BCUT2D eigenvalue weighted by Gasteiger charge is -2.30. The molecule has 1 atom stereocenters. The van der Waals surface area contributed by atoms with Gasteiger partial charge in [-0.1, -0.05) is 12.8 Å². The maximum Gasteiger partial charge on any atom is 0.230 e. The van der Waals surface area contributed by atoms with Gasteiger partial charge < -0.3 is 10.0 Å². The van der Waals surface area contributed by atoms with Gasteiger partial charge in [-0.05, 0) is 47.8 Å². The molecular formula is C14H20BrNO2S. The molecule has 1 saturated carbocycles. The van der Waals surface area contributed by atoms with E-state index in [0.717, 1.165) is 34.3 Å². The van der Waals surface area contributed by atoms with Crippen LogP contribution in [0.2, 0.25) is 0 Å². The Morgan fingerprint density at radius 2 is 2.16 bits per heavy atom. The van der Waals surface area contributed by atoms with Crippen molar-refractivity contribution < 1.29 is 9.90 Å². The largest absolute Gasteiger partial charge is 0.388 e. The van der Waals surface area contributed by atoms with E-state index in [1.807, 2.05) is 19.1 Å². The van der Waals surface area contributed by atoms with E-state index < -0.39 is 5.60 Å². The number of nitrogens with zero attached hydrogens (tertiary/aromatic N) is 1. The monoisotopic (exact) mass is 345 g/mol. The van der Waals surface area contributed by atoms with Gasteiger partial charge in [-0.25, -0.2) is 0 Å². The van der Waals surface area contributed by atoms with E-state index in [0.29, 0.717) is 6.54 Å². The molecule has 3 nitrogen and oxygen atoms in total. The fourth-order valence-corrected chi connectivity index (χ4v) is 4.19. The Bertz CT molecular complexity index is 454. The molecule has 0 radical (unpaired) electrons. The van der Waals surface area contributed by atoms with E-state index in [2.05, 4.69) is 15.9 Å². The van der Waals surface area contributed by atoms with Crippen LogP contribution in [-0.2, 0) is 4.79 Å². The van der Waals surface area contributed by atoms with Crippen molar-refractivity contribution in [3.63, 3.8) is 0 Å². The second-order valence-corrected chi connectivity index (χ2v) is 7.98. The summed E-state index contributed by atoms with van der Waals surface area (Å²) in [6, 6.07) is 3.95. The third kappa shape index (κ3) is 3.58. The quantitative estimate of drug-likeness (QED) is 0.908. The Balaban J connectivity index is 1.98. The van der Waals surface area contributed by atoms with Crippen LogP contribution < -0.4 is 0 Å². The first-order valence-electron chi connectivity index (χ1n) is 6.64. The average molecular weight is 346 g/mol. The molecule has 1 amide bonds. The molecule has 0 aromatic carbocycles. The first-order valence-corrected chi connectivity index (χ1v) is 8.25. The van der Waals surface area contributed by atoms with Crippen LogP contribution >= 0.6 is 27.3 Å². The van der Waals surface area contributed by atoms with Crippen molar-refractivity contribution in [3.8, 4) is 0 Å². The number of carbonyl (C=O) groups excluding carboxylic acids is 1. The lowest BCUT2D eigenvalue weighted by Crippen LogP contribution is -2.43. The van der Waals surface area contributed by atoms with Gasteiger partial charge in [-0.2, -0.15) is 0 Å². The number of thiophene rings is 1. The van der Waals surface area contributed by atoms with Crippen molar-refractivity contribution in [3.05, 3.63) is 20.8 Å². The van der Waals surface area contributed by atoms with Gasteiger partial charge in [0, 0.05) is 18.5 Å². The van der Waals surface area contributed by atoms with Crippen molar-refractivity contribution in [2.24, 2.45) is 0 Å².